The Bertz CT molecular complexity index is 24.9. The molecule has 0 saturated carbocycles. The van der Waals surface area contributed by atoms with Gasteiger partial charge in [0.2, 0.25) is 0 Å². The van der Waals surface area contributed by atoms with Gasteiger partial charge in [-0.1, -0.05) is 20.8 Å². The first-order chi connectivity index (χ1) is 2.64. The molecule has 6 heavy (non-hydrogen) atoms. The highest BCUT2D eigenvalue weighted by molar-refractivity contribution is 7.81. The molecule has 0 aliphatic rings. The highest BCUT2D eigenvalue weighted by Crippen LogP contribution is 2.07. The average Bonchev–Trinajstić information content (AvgIpc) is 1.36. The fraction of sp³-hybridized carbons (Fsp3) is 0.800. The minimum absolute atomic E-state index is 0.463. The van der Waals surface area contributed by atoms with Crippen molar-refractivity contribution in [3.05, 3.63) is 5.92 Å². The molecule has 37 valence electrons. The average molecular weight is 103 g/mol. The monoisotopic (exact) mass is 103 g/mol. The Balaban J connectivity index is 2.99. The molecule has 0 spiro atoms. The minimum Gasteiger partial charge on any atom is -0.176 e. The lowest BCUT2D eigenvalue weighted by Crippen LogP contribution is -1.97. The van der Waals surface area contributed by atoms with Crippen molar-refractivity contribution in [3.63, 3.8) is 0 Å². The molecule has 1 heteroatoms. The summed E-state index contributed by atoms with van der Waals surface area (Å²) in [6.45, 7) is 6.23. The van der Waals surface area contributed by atoms with E-state index in [1.165, 1.54) is 5.92 Å². The van der Waals surface area contributed by atoms with Gasteiger partial charge in [0.25, 0.3) is 0 Å². The Labute approximate surface area is 45.4 Å². The van der Waals surface area contributed by atoms with Gasteiger partial charge in [-0.05, 0) is 5.92 Å². The largest absolute Gasteiger partial charge is 0.176 e. The van der Waals surface area contributed by atoms with Crippen molar-refractivity contribution in [3.8, 4) is 0 Å². The van der Waals surface area contributed by atoms with Crippen LogP contribution in [0.2, 0.25) is 0 Å². The molecule has 1 atom stereocenters. The molecule has 0 N–H and O–H groups in total. The highest BCUT2D eigenvalue weighted by atomic mass is 32.1. The first kappa shape index (κ1) is 6.35. The van der Waals surface area contributed by atoms with Gasteiger partial charge in [-0.15, -0.1) is 0 Å². The zero-order valence-corrected chi connectivity index (χ0v) is 5.42. The van der Waals surface area contributed by atoms with Crippen LogP contribution in [0.4, 0.5) is 0 Å². The van der Waals surface area contributed by atoms with Crippen molar-refractivity contribution in [2.24, 2.45) is 0 Å². The Hall–Kier alpha value is 0.350. The van der Waals surface area contributed by atoms with Crippen LogP contribution in [0.25, 0.3) is 0 Å². The minimum atomic E-state index is 0.463. The fourth-order valence-electron chi connectivity index (χ4n) is 0. The Morgan fingerprint density at radius 1 is 1.50 bits per heavy atom. The summed E-state index contributed by atoms with van der Waals surface area (Å²) in [5.41, 5.74) is 0. The van der Waals surface area contributed by atoms with E-state index in [-0.39, 0.29) is 0 Å². The number of thiol groups is 1. The van der Waals surface area contributed by atoms with Crippen LogP contribution in [0.1, 0.15) is 20.8 Å². The third kappa shape index (κ3) is 2.58. The predicted octanol–water partition coefficient (Wildman–Crippen LogP) is 1.92. The second kappa shape index (κ2) is 2.51. The van der Waals surface area contributed by atoms with Crippen molar-refractivity contribution in [1.29, 1.82) is 0 Å². The predicted molar refractivity (Wildman–Crippen MR) is 33.0 cm³/mol. The van der Waals surface area contributed by atoms with E-state index in [2.05, 4.69) is 33.4 Å². The summed E-state index contributed by atoms with van der Waals surface area (Å²) in [5, 5.41) is 0.463. The molecule has 0 aromatic heterocycles. The van der Waals surface area contributed by atoms with Crippen LogP contribution in [0.15, 0.2) is 0 Å². The molecule has 0 aliphatic heterocycles. The molecule has 0 amide bonds. The van der Waals surface area contributed by atoms with Crippen molar-refractivity contribution in [2.75, 3.05) is 0 Å². The van der Waals surface area contributed by atoms with E-state index in [0.29, 0.717) is 5.25 Å². The molecule has 0 aliphatic carbocycles. The molecule has 0 heterocycles. The second-order valence-electron chi connectivity index (χ2n) is 1.75. The van der Waals surface area contributed by atoms with E-state index in [4.69, 9.17) is 0 Å². The number of hydrogen-bond donors (Lipinski definition) is 1. The van der Waals surface area contributed by atoms with Gasteiger partial charge in [-0.2, -0.15) is 12.6 Å². The molecular weight excluding hydrogens is 92.1 g/mol. The first-order valence-corrected chi connectivity index (χ1v) is 2.64. The van der Waals surface area contributed by atoms with Gasteiger partial charge in [-0.25, -0.2) is 0 Å². The maximum Gasteiger partial charge on any atom is 0.00451 e. The molecule has 0 rings (SSSR count). The Morgan fingerprint density at radius 3 is 1.67 bits per heavy atom. The van der Waals surface area contributed by atoms with Gasteiger partial charge in [0, 0.05) is 5.25 Å². The standard InChI is InChI=1S/C5H11S/c1-4(2)5(3)6/h5-6H,1-3H3. The van der Waals surface area contributed by atoms with Crippen molar-refractivity contribution >= 4 is 12.6 Å². The third-order valence-electron chi connectivity index (χ3n) is 0.836. The number of hydrogen-bond acceptors (Lipinski definition) is 1. The van der Waals surface area contributed by atoms with E-state index >= 15 is 0 Å². The topological polar surface area (TPSA) is 0 Å². The van der Waals surface area contributed by atoms with Gasteiger partial charge in [0.15, 0.2) is 0 Å². The maximum atomic E-state index is 4.16. The molecule has 0 aromatic carbocycles. The molecule has 0 aromatic rings. The van der Waals surface area contributed by atoms with Crippen LogP contribution in [0.3, 0.4) is 0 Å². The fourth-order valence-corrected chi connectivity index (χ4v) is 0. The van der Waals surface area contributed by atoms with Gasteiger partial charge in [0.05, 0.1) is 0 Å². The lowest BCUT2D eigenvalue weighted by atomic mass is 10.2. The lowest BCUT2D eigenvalue weighted by molar-refractivity contribution is 0.948. The van der Waals surface area contributed by atoms with Gasteiger partial charge >= 0.3 is 0 Å². The summed E-state index contributed by atoms with van der Waals surface area (Å²) in [6, 6.07) is 0. The first-order valence-electron chi connectivity index (χ1n) is 2.12. The molecule has 1 unspecified atom stereocenters. The normalized spacial score (nSPS) is 15.5. The number of rotatable bonds is 1. The zero-order chi connectivity index (χ0) is 5.15. The molecule has 0 saturated heterocycles. The van der Waals surface area contributed by atoms with E-state index in [9.17, 15) is 0 Å². The second-order valence-corrected chi connectivity index (χ2v) is 2.53. The van der Waals surface area contributed by atoms with Crippen LogP contribution in [-0.2, 0) is 0 Å². The van der Waals surface area contributed by atoms with Gasteiger partial charge in [0.1, 0.15) is 0 Å². The summed E-state index contributed by atoms with van der Waals surface area (Å²) in [5.74, 6) is 1.37. The zero-order valence-electron chi connectivity index (χ0n) is 4.52. The molecule has 0 fully saturated rings. The Kier molecular flexibility index (Phi) is 2.66. The summed E-state index contributed by atoms with van der Waals surface area (Å²) >= 11 is 4.16. The third-order valence-corrected chi connectivity index (χ3v) is 1.35. The Morgan fingerprint density at radius 2 is 1.67 bits per heavy atom. The van der Waals surface area contributed by atoms with E-state index in [0.717, 1.165) is 0 Å². The maximum absolute atomic E-state index is 4.16. The summed E-state index contributed by atoms with van der Waals surface area (Å²) in [7, 11) is 0. The quantitative estimate of drug-likeness (QED) is 0.482. The SMILES string of the molecule is C[C](C)C(C)S. The van der Waals surface area contributed by atoms with Gasteiger partial charge in [-0.3, -0.25) is 0 Å². The summed E-state index contributed by atoms with van der Waals surface area (Å²) in [4.78, 5) is 0. The molecule has 1 radical (unpaired) electrons. The van der Waals surface area contributed by atoms with E-state index < -0.39 is 0 Å². The van der Waals surface area contributed by atoms with Crippen LogP contribution in [0.5, 0.6) is 0 Å². The van der Waals surface area contributed by atoms with Crippen LogP contribution in [-0.4, -0.2) is 5.25 Å². The highest BCUT2D eigenvalue weighted by Gasteiger charge is 1.97. The van der Waals surface area contributed by atoms with Crippen molar-refractivity contribution in [2.45, 2.75) is 26.0 Å². The van der Waals surface area contributed by atoms with Crippen molar-refractivity contribution < 1.29 is 0 Å². The van der Waals surface area contributed by atoms with E-state index in [1.54, 1.807) is 0 Å². The van der Waals surface area contributed by atoms with Crippen LogP contribution < -0.4 is 0 Å². The van der Waals surface area contributed by atoms with Crippen LogP contribution >= 0.6 is 12.6 Å². The van der Waals surface area contributed by atoms with Crippen molar-refractivity contribution in [1.82, 2.24) is 0 Å². The smallest absolute Gasteiger partial charge is 0.00451 e. The van der Waals surface area contributed by atoms with Crippen LogP contribution in [0, 0.1) is 5.92 Å². The molecular formula is C5H11S. The van der Waals surface area contributed by atoms with E-state index in [1.807, 2.05) is 0 Å². The van der Waals surface area contributed by atoms with Gasteiger partial charge < -0.3 is 0 Å². The summed E-state index contributed by atoms with van der Waals surface area (Å²) < 4.78 is 0. The molecule has 0 nitrogen and oxygen atoms in total. The lowest BCUT2D eigenvalue weighted by Gasteiger charge is -2.03. The molecule has 0 bridgehead atoms. The summed E-state index contributed by atoms with van der Waals surface area (Å²) in [6.07, 6.45) is 0.